The number of amides is 2. The van der Waals surface area contributed by atoms with Crippen molar-refractivity contribution in [3.8, 4) is 0 Å². The molecule has 34 heavy (non-hydrogen) atoms. The van der Waals surface area contributed by atoms with E-state index < -0.39 is 5.60 Å². The first-order valence-corrected chi connectivity index (χ1v) is 12.2. The number of aromatic nitrogens is 1. The minimum atomic E-state index is -0.583. The Morgan fingerprint density at radius 3 is 2.53 bits per heavy atom. The molecule has 0 atom stereocenters. The topological polar surface area (TPSA) is 71.5 Å². The second kappa shape index (κ2) is 10.1. The van der Waals surface area contributed by atoms with E-state index in [-0.39, 0.29) is 23.9 Å². The lowest BCUT2D eigenvalue weighted by Gasteiger charge is -2.32. The Morgan fingerprint density at radius 2 is 1.85 bits per heavy atom. The lowest BCUT2D eigenvalue weighted by Crippen LogP contribution is -2.41. The first-order chi connectivity index (χ1) is 16.2. The van der Waals surface area contributed by atoms with Gasteiger partial charge in [-0.15, -0.1) is 0 Å². The second-order valence-corrected chi connectivity index (χ2v) is 10.4. The Bertz CT molecular complexity index is 1040. The summed E-state index contributed by atoms with van der Waals surface area (Å²) in [5.74, 6) is -0.453. The van der Waals surface area contributed by atoms with Crippen LogP contribution in [0.2, 0.25) is 0 Å². The summed E-state index contributed by atoms with van der Waals surface area (Å²) >= 11 is 0. The van der Waals surface area contributed by atoms with Crippen molar-refractivity contribution in [3.05, 3.63) is 64.2 Å². The van der Waals surface area contributed by atoms with E-state index >= 15 is 0 Å². The number of fused-ring (bicyclic) bond motifs is 1. The van der Waals surface area contributed by atoms with Crippen LogP contribution in [0, 0.1) is 5.82 Å². The Balaban J connectivity index is 1.61. The Hall–Kier alpha value is -2.96. The van der Waals surface area contributed by atoms with E-state index in [2.05, 4.69) is 5.32 Å². The van der Waals surface area contributed by atoms with Crippen molar-refractivity contribution >= 4 is 12.0 Å². The molecule has 1 saturated carbocycles. The molecule has 6 nitrogen and oxygen atoms in total. The molecule has 1 fully saturated rings. The molecular formula is C27H34FN3O3. The van der Waals surface area contributed by atoms with Crippen molar-refractivity contribution < 1.29 is 18.7 Å². The molecule has 182 valence electrons. The standard InChI is InChI=1S/C27H34FN3O3/c1-27(2,3)34-26(33)31-14-13-22-19(15-18-9-11-20(28)12-10-18)16-23(30-24(22)17-31)25(32)29-21-7-5-4-6-8-21/h9-12,16,21H,4-8,13-15,17H2,1-3H3,(H,29,32). The van der Waals surface area contributed by atoms with Crippen LogP contribution in [0.25, 0.3) is 0 Å². The molecule has 1 N–H and O–H groups in total. The molecule has 4 rings (SSSR count). The quantitative estimate of drug-likeness (QED) is 0.674. The number of ether oxygens (including phenoxy) is 1. The van der Waals surface area contributed by atoms with Gasteiger partial charge in [0, 0.05) is 12.6 Å². The maximum atomic E-state index is 13.4. The van der Waals surface area contributed by atoms with Gasteiger partial charge in [0.05, 0.1) is 12.2 Å². The molecule has 0 saturated heterocycles. The van der Waals surface area contributed by atoms with Crippen LogP contribution < -0.4 is 5.32 Å². The third-order valence-electron chi connectivity index (χ3n) is 6.41. The van der Waals surface area contributed by atoms with Crippen LogP contribution in [-0.4, -0.2) is 40.1 Å². The van der Waals surface area contributed by atoms with Gasteiger partial charge in [0.2, 0.25) is 0 Å². The molecule has 0 radical (unpaired) electrons. The molecule has 2 aromatic rings. The summed E-state index contributed by atoms with van der Waals surface area (Å²) in [5, 5.41) is 3.15. The van der Waals surface area contributed by atoms with Gasteiger partial charge >= 0.3 is 6.09 Å². The third-order valence-corrected chi connectivity index (χ3v) is 6.41. The van der Waals surface area contributed by atoms with Gasteiger partial charge in [-0.1, -0.05) is 31.4 Å². The van der Waals surface area contributed by atoms with Crippen molar-refractivity contribution in [2.75, 3.05) is 6.54 Å². The largest absolute Gasteiger partial charge is 0.444 e. The van der Waals surface area contributed by atoms with Crippen LogP contribution >= 0.6 is 0 Å². The van der Waals surface area contributed by atoms with Gasteiger partial charge in [-0.3, -0.25) is 4.79 Å². The van der Waals surface area contributed by atoms with Gasteiger partial charge in [-0.25, -0.2) is 14.2 Å². The first-order valence-electron chi connectivity index (χ1n) is 12.2. The van der Waals surface area contributed by atoms with E-state index in [0.29, 0.717) is 31.6 Å². The van der Waals surface area contributed by atoms with Crippen LogP contribution in [0.5, 0.6) is 0 Å². The van der Waals surface area contributed by atoms with E-state index in [9.17, 15) is 14.0 Å². The summed E-state index contributed by atoms with van der Waals surface area (Å²) in [4.78, 5) is 32.1. The highest BCUT2D eigenvalue weighted by Gasteiger charge is 2.29. The molecule has 0 unspecified atom stereocenters. The van der Waals surface area contributed by atoms with Crippen LogP contribution in [-0.2, 0) is 24.1 Å². The van der Waals surface area contributed by atoms with E-state index in [1.807, 2.05) is 26.8 Å². The summed E-state index contributed by atoms with van der Waals surface area (Å²) < 4.78 is 19.0. The molecular weight excluding hydrogens is 433 g/mol. The summed E-state index contributed by atoms with van der Waals surface area (Å²) in [6.07, 6.45) is 6.27. The highest BCUT2D eigenvalue weighted by atomic mass is 19.1. The van der Waals surface area contributed by atoms with Crippen molar-refractivity contribution in [2.24, 2.45) is 0 Å². The number of hydrogen-bond acceptors (Lipinski definition) is 4. The summed E-state index contributed by atoms with van der Waals surface area (Å²) in [6, 6.07) is 8.47. The average Bonchev–Trinajstić information content (AvgIpc) is 2.79. The second-order valence-electron chi connectivity index (χ2n) is 10.4. The van der Waals surface area contributed by atoms with E-state index in [0.717, 1.165) is 48.1 Å². The number of nitrogens with one attached hydrogen (secondary N) is 1. The zero-order valence-electron chi connectivity index (χ0n) is 20.3. The third kappa shape index (κ3) is 6.13. The highest BCUT2D eigenvalue weighted by molar-refractivity contribution is 5.93. The molecule has 1 aromatic carbocycles. The van der Waals surface area contributed by atoms with Gasteiger partial charge in [0.1, 0.15) is 17.1 Å². The number of pyridine rings is 1. The molecule has 2 aliphatic rings. The fourth-order valence-corrected chi connectivity index (χ4v) is 4.71. The van der Waals surface area contributed by atoms with Crippen molar-refractivity contribution in [1.82, 2.24) is 15.2 Å². The number of rotatable bonds is 4. The molecule has 2 amide bonds. The maximum absolute atomic E-state index is 13.4. The molecule has 2 heterocycles. The smallest absolute Gasteiger partial charge is 0.410 e. The molecule has 1 aromatic heterocycles. The number of halogens is 1. The molecule has 7 heteroatoms. The maximum Gasteiger partial charge on any atom is 0.410 e. The number of carbonyl (C=O) groups excluding carboxylic acids is 2. The first kappa shape index (κ1) is 24.2. The van der Waals surface area contributed by atoms with E-state index in [1.165, 1.54) is 18.6 Å². The predicted molar refractivity (Wildman–Crippen MR) is 128 cm³/mol. The minimum absolute atomic E-state index is 0.176. The minimum Gasteiger partial charge on any atom is -0.444 e. The Labute approximate surface area is 200 Å². The van der Waals surface area contributed by atoms with E-state index in [1.54, 1.807) is 17.0 Å². The summed E-state index contributed by atoms with van der Waals surface area (Å²) in [7, 11) is 0. The van der Waals surface area contributed by atoms with Gasteiger partial charge in [0.15, 0.2) is 0 Å². The predicted octanol–water partition coefficient (Wildman–Crippen LogP) is 5.17. The highest BCUT2D eigenvalue weighted by Crippen LogP contribution is 2.26. The molecule has 1 aliphatic carbocycles. The SMILES string of the molecule is CC(C)(C)OC(=O)N1CCc2c(Cc3ccc(F)cc3)cc(C(=O)NC3CCCCC3)nc2C1. The number of benzene rings is 1. The average molecular weight is 468 g/mol. The van der Waals surface area contributed by atoms with Gasteiger partial charge in [0.25, 0.3) is 5.91 Å². The fourth-order valence-electron chi connectivity index (χ4n) is 4.71. The summed E-state index contributed by atoms with van der Waals surface area (Å²) in [5.41, 5.74) is 3.52. The number of hydrogen-bond donors (Lipinski definition) is 1. The van der Waals surface area contributed by atoms with Crippen LogP contribution in [0.15, 0.2) is 30.3 Å². The normalized spacial score (nSPS) is 16.6. The Morgan fingerprint density at radius 1 is 1.15 bits per heavy atom. The zero-order valence-corrected chi connectivity index (χ0v) is 20.3. The van der Waals surface area contributed by atoms with Gasteiger partial charge in [-0.2, -0.15) is 0 Å². The summed E-state index contributed by atoms with van der Waals surface area (Å²) in [6.45, 7) is 6.35. The van der Waals surface area contributed by atoms with Crippen LogP contribution in [0.4, 0.5) is 9.18 Å². The number of nitrogens with zero attached hydrogens (tertiary/aromatic N) is 2. The fraction of sp³-hybridized carbons (Fsp3) is 0.519. The van der Waals surface area contributed by atoms with Crippen LogP contribution in [0.1, 0.15) is 85.7 Å². The zero-order chi connectivity index (χ0) is 24.3. The van der Waals surface area contributed by atoms with Gasteiger partial charge in [-0.05, 0) is 81.3 Å². The number of carbonyl (C=O) groups is 2. The molecule has 1 aliphatic heterocycles. The lowest BCUT2D eigenvalue weighted by molar-refractivity contribution is 0.0220. The van der Waals surface area contributed by atoms with E-state index in [4.69, 9.17) is 9.72 Å². The van der Waals surface area contributed by atoms with Crippen molar-refractivity contribution in [1.29, 1.82) is 0 Å². The van der Waals surface area contributed by atoms with Gasteiger partial charge < -0.3 is 15.0 Å². The Kier molecular flexibility index (Phi) is 7.19. The molecule has 0 bridgehead atoms. The molecule has 0 spiro atoms. The monoisotopic (exact) mass is 467 g/mol. The van der Waals surface area contributed by atoms with Crippen LogP contribution in [0.3, 0.4) is 0 Å². The lowest BCUT2D eigenvalue weighted by atomic mass is 9.93. The van der Waals surface area contributed by atoms with Crippen molar-refractivity contribution in [2.45, 2.75) is 83.9 Å². The van der Waals surface area contributed by atoms with Crippen molar-refractivity contribution in [3.63, 3.8) is 0 Å².